The first-order valence-electron chi connectivity index (χ1n) is 11.5. The van der Waals surface area contributed by atoms with Crippen LogP contribution in [0.3, 0.4) is 0 Å². The number of benzene rings is 3. The Morgan fingerprint density at radius 3 is 2.76 bits per heavy atom. The van der Waals surface area contributed by atoms with E-state index in [-0.39, 0.29) is 29.5 Å². The highest BCUT2D eigenvalue weighted by molar-refractivity contribution is 9.10. The summed E-state index contributed by atoms with van der Waals surface area (Å²) in [6, 6.07) is 18.7. The van der Waals surface area contributed by atoms with Gasteiger partial charge >= 0.3 is 5.69 Å². The van der Waals surface area contributed by atoms with Crippen LogP contribution in [0.1, 0.15) is 48.7 Å². The maximum Gasteiger partial charge on any atom is 0.311 e. The summed E-state index contributed by atoms with van der Waals surface area (Å²) < 4.78 is 7.67. The number of nitriles is 1. The van der Waals surface area contributed by atoms with Gasteiger partial charge in [-0.05, 0) is 42.8 Å². The summed E-state index contributed by atoms with van der Waals surface area (Å²) >= 11 is 3.39. The molecule has 0 aliphatic rings. The smallest absolute Gasteiger partial charge is 0.311 e. The molecule has 0 aliphatic carbocycles. The van der Waals surface area contributed by atoms with E-state index >= 15 is 0 Å². The molecule has 4 rings (SSSR count). The lowest BCUT2D eigenvalue weighted by Crippen LogP contribution is -2.23. The molecule has 0 radical (unpaired) electrons. The Morgan fingerprint density at radius 2 is 2.03 bits per heavy atom. The number of fused-ring (bicyclic) bond motifs is 1. The van der Waals surface area contributed by atoms with Gasteiger partial charge in [0.15, 0.2) is 5.75 Å². The zero-order chi connectivity index (χ0) is 26.5. The molecule has 186 valence electrons. The van der Waals surface area contributed by atoms with Crippen molar-refractivity contribution >= 4 is 38.7 Å². The van der Waals surface area contributed by atoms with Gasteiger partial charge in [-0.3, -0.25) is 14.9 Å². The Balaban J connectivity index is 1.70. The van der Waals surface area contributed by atoms with Gasteiger partial charge in [0.1, 0.15) is 12.4 Å². The minimum atomic E-state index is -0.547. The van der Waals surface area contributed by atoms with Gasteiger partial charge in [-0.15, -0.1) is 0 Å². The molecule has 9 nitrogen and oxygen atoms in total. The molecule has 0 amide bonds. The predicted molar refractivity (Wildman–Crippen MR) is 144 cm³/mol. The highest BCUT2D eigenvalue weighted by atomic mass is 79.9. The van der Waals surface area contributed by atoms with Crippen molar-refractivity contribution in [3.8, 4) is 11.8 Å². The van der Waals surface area contributed by atoms with E-state index in [4.69, 9.17) is 4.74 Å². The number of hydrogen-bond acceptors (Lipinski definition) is 7. The number of ether oxygens (including phenoxy) is 1. The second-order valence-electron chi connectivity index (χ2n) is 8.34. The standard InChI is InChI=1S/C27H22BrN5O4/c1-3-17(2)26-31-23-10-9-21(28)13-22(23)27(34)32(26)30-15-18-8-11-25(24(12-18)33(35)36)37-16-20-7-5-4-6-19(20)14-29/h4-13,15,17H,3,16H2,1-2H3/t17-/m1/s1. The average Bonchev–Trinajstić information content (AvgIpc) is 2.91. The molecule has 1 heterocycles. The summed E-state index contributed by atoms with van der Waals surface area (Å²) in [7, 11) is 0. The first-order chi connectivity index (χ1) is 17.8. The van der Waals surface area contributed by atoms with Crippen molar-refractivity contribution < 1.29 is 9.66 Å². The summed E-state index contributed by atoms with van der Waals surface area (Å²) in [5.41, 5.74) is 1.46. The van der Waals surface area contributed by atoms with Crippen LogP contribution in [-0.2, 0) is 6.61 Å². The topological polar surface area (TPSA) is 123 Å². The van der Waals surface area contributed by atoms with E-state index in [1.54, 1.807) is 42.5 Å². The molecule has 0 unspecified atom stereocenters. The van der Waals surface area contributed by atoms with Crippen LogP contribution < -0.4 is 10.3 Å². The van der Waals surface area contributed by atoms with Gasteiger partial charge < -0.3 is 4.74 Å². The molecule has 0 bridgehead atoms. The van der Waals surface area contributed by atoms with Crippen LogP contribution in [0.25, 0.3) is 10.9 Å². The minimum Gasteiger partial charge on any atom is -0.482 e. The third-order valence-electron chi connectivity index (χ3n) is 5.91. The molecule has 37 heavy (non-hydrogen) atoms. The van der Waals surface area contributed by atoms with Crippen LogP contribution in [-0.4, -0.2) is 20.8 Å². The lowest BCUT2D eigenvalue weighted by molar-refractivity contribution is -0.385. The summed E-state index contributed by atoms with van der Waals surface area (Å²) in [5, 5.41) is 25.8. The van der Waals surface area contributed by atoms with Gasteiger partial charge in [-0.2, -0.15) is 15.0 Å². The number of nitro groups is 1. The average molecular weight is 560 g/mol. The van der Waals surface area contributed by atoms with Gasteiger partial charge in [0.25, 0.3) is 5.56 Å². The van der Waals surface area contributed by atoms with Gasteiger partial charge in [-0.1, -0.05) is 48.0 Å². The number of rotatable bonds is 8. The predicted octanol–water partition coefficient (Wildman–Crippen LogP) is 5.91. The minimum absolute atomic E-state index is 0.00396. The van der Waals surface area contributed by atoms with E-state index in [0.717, 1.165) is 10.9 Å². The second-order valence-corrected chi connectivity index (χ2v) is 9.26. The Hall–Kier alpha value is -4.36. The third-order valence-corrected chi connectivity index (χ3v) is 6.40. The molecule has 1 atom stereocenters. The fraction of sp³-hybridized carbons (Fsp3) is 0.185. The Labute approximate surface area is 220 Å². The molecule has 3 aromatic carbocycles. The zero-order valence-corrected chi connectivity index (χ0v) is 21.7. The van der Waals surface area contributed by atoms with Gasteiger partial charge in [-0.25, -0.2) is 4.98 Å². The SMILES string of the molecule is CC[C@@H](C)c1nc2ccc(Br)cc2c(=O)n1N=Cc1ccc(OCc2ccccc2C#N)c([N+](=O)[O-])c1. The van der Waals surface area contributed by atoms with Crippen LogP contribution in [0.4, 0.5) is 5.69 Å². The van der Waals surface area contributed by atoms with E-state index in [2.05, 4.69) is 32.1 Å². The number of halogens is 1. The van der Waals surface area contributed by atoms with Crippen LogP contribution in [0, 0.1) is 21.4 Å². The summed E-state index contributed by atoms with van der Waals surface area (Å²) in [6.45, 7) is 3.96. The third kappa shape index (κ3) is 5.57. The van der Waals surface area contributed by atoms with Crippen LogP contribution >= 0.6 is 15.9 Å². The molecule has 10 heteroatoms. The Kier molecular flexibility index (Phi) is 7.74. The van der Waals surface area contributed by atoms with Crippen molar-refractivity contribution in [2.45, 2.75) is 32.8 Å². The lowest BCUT2D eigenvalue weighted by Gasteiger charge is -2.14. The molecule has 0 spiro atoms. The monoisotopic (exact) mass is 559 g/mol. The van der Waals surface area contributed by atoms with Crippen molar-refractivity contribution in [3.63, 3.8) is 0 Å². The maximum atomic E-state index is 13.3. The van der Waals surface area contributed by atoms with Crippen molar-refractivity contribution in [2.75, 3.05) is 0 Å². The van der Waals surface area contributed by atoms with E-state index in [9.17, 15) is 20.2 Å². The number of nitro benzene ring substituents is 1. The molecular weight excluding hydrogens is 538 g/mol. The number of nitrogens with zero attached hydrogens (tertiary/aromatic N) is 5. The van der Waals surface area contributed by atoms with Crippen molar-refractivity contribution in [3.05, 3.63) is 108 Å². The van der Waals surface area contributed by atoms with Crippen LogP contribution in [0.2, 0.25) is 0 Å². The van der Waals surface area contributed by atoms with E-state index in [1.807, 2.05) is 19.9 Å². The quantitative estimate of drug-likeness (QED) is 0.150. The lowest BCUT2D eigenvalue weighted by atomic mass is 10.1. The fourth-order valence-corrected chi connectivity index (χ4v) is 4.05. The molecule has 0 saturated carbocycles. The van der Waals surface area contributed by atoms with Gasteiger partial charge in [0, 0.05) is 27.6 Å². The maximum absolute atomic E-state index is 13.3. The molecule has 0 N–H and O–H groups in total. The summed E-state index contributed by atoms with van der Waals surface area (Å²) in [4.78, 5) is 29.2. The van der Waals surface area contributed by atoms with E-state index in [0.29, 0.717) is 33.4 Å². The molecule has 4 aromatic rings. The molecular formula is C27H22BrN5O4. The summed E-state index contributed by atoms with van der Waals surface area (Å²) in [6.07, 6.45) is 2.14. The molecule has 1 aromatic heterocycles. The van der Waals surface area contributed by atoms with Crippen LogP contribution in [0.5, 0.6) is 5.75 Å². The van der Waals surface area contributed by atoms with E-state index in [1.165, 1.54) is 23.0 Å². The fourth-order valence-electron chi connectivity index (χ4n) is 3.69. The number of aromatic nitrogens is 2. The highest BCUT2D eigenvalue weighted by Gasteiger charge is 2.18. The van der Waals surface area contributed by atoms with Crippen molar-refractivity contribution in [1.82, 2.24) is 9.66 Å². The first-order valence-corrected chi connectivity index (χ1v) is 12.3. The number of hydrogen-bond donors (Lipinski definition) is 0. The summed E-state index contributed by atoms with van der Waals surface area (Å²) in [5.74, 6) is 0.521. The van der Waals surface area contributed by atoms with Crippen LogP contribution in [0.15, 0.2) is 75.0 Å². The van der Waals surface area contributed by atoms with Crippen molar-refractivity contribution in [2.24, 2.45) is 5.10 Å². The first kappa shape index (κ1) is 25.7. The van der Waals surface area contributed by atoms with Crippen molar-refractivity contribution in [1.29, 1.82) is 5.26 Å². The normalized spacial score (nSPS) is 11.9. The second kappa shape index (κ2) is 11.1. The van der Waals surface area contributed by atoms with E-state index < -0.39 is 4.92 Å². The largest absolute Gasteiger partial charge is 0.482 e. The van der Waals surface area contributed by atoms with Gasteiger partial charge in [0.05, 0.1) is 33.7 Å². The van der Waals surface area contributed by atoms with Gasteiger partial charge in [0.2, 0.25) is 0 Å². The zero-order valence-electron chi connectivity index (χ0n) is 20.1. The Bertz CT molecular complexity index is 1620. The highest BCUT2D eigenvalue weighted by Crippen LogP contribution is 2.29. The molecule has 0 saturated heterocycles. The molecule has 0 fully saturated rings. The Morgan fingerprint density at radius 1 is 1.24 bits per heavy atom. The molecule has 0 aliphatic heterocycles.